The number of hydrogen-bond donors (Lipinski definition) is 1. The maximum Gasteiger partial charge on any atom is 0.253 e. The number of likely N-dealkylation sites (tertiary alicyclic amines) is 1. The van der Waals surface area contributed by atoms with Crippen molar-refractivity contribution in [3.63, 3.8) is 0 Å². The van der Waals surface area contributed by atoms with Crippen LogP contribution in [0.3, 0.4) is 0 Å². The van der Waals surface area contributed by atoms with Gasteiger partial charge < -0.3 is 10.2 Å². The number of aryl methyl sites for hydroxylation is 2. The SMILES string of the molecule is Cc1cc(C)n(Cc2cccc(C(=O)N3CCC4(CCNC4)CC3)c2)n1. The third kappa shape index (κ3) is 3.40. The summed E-state index contributed by atoms with van der Waals surface area (Å²) in [6.45, 7) is 8.78. The molecule has 2 saturated heterocycles. The Morgan fingerprint density at radius 1 is 1.19 bits per heavy atom. The van der Waals surface area contributed by atoms with Crippen LogP contribution in [0.1, 0.15) is 46.6 Å². The summed E-state index contributed by atoms with van der Waals surface area (Å²) >= 11 is 0. The molecule has 1 aromatic heterocycles. The molecule has 26 heavy (non-hydrogen) atoms. The molecule has 0 unspecified atom stereocenters. The molecular weight excluding hydrogens is 324 g/mol. The second-order valence-corrected chi connectivity index (χ2v) is 8.00. The van der Waals surface area contributed by atoms with E-state index in [1.54, 1.807) is 0 Å². The highest BCUT2D eigenvalue weighted by Crippen LogP contribution is 2.37. The van der Waals surface area contributed by atoms with E-state index in [1.807, 2.05) is 34.7 Å². The summed E-state index contributed by atoms with van der Waals surface area (Å²) in [7, 11) is 0. The van der Waals surface area contributed by atoms with E-state index in [0.29, 0.717) is 12.0 Å². The van der Waals surface area contributed by atoms with E-state index in [9.17, 15) is 4.79 Å². The third-order valence-corrected chi connectivity index (χ3v) is 6.05. The molecule has 0 atom stereocenters. The summed E-state index contributed by atoms with van der Waals surface area (Å²) in [5.41, 5.74) is 4.53. The van der Waals surface area contributed by atoms with Gasteiger partial charge in [0.1, 0.15) is 0 Å². The fourth-order valence-electron chi connectivity index (χ4n) is 4.40. The van der Waals surface area contributed by atoms with Crippen molar-refractivity contribution in [1.29, 1.82) is 0 Å². The van der Waals surface area contributed by atoms with Crippen LogP contribution < -0.4 is 5.32 Å². The number of piperidine rings is 1. The summed E-state index contributed by atoms with van der Waals surface area (Å²) < 4.78 is 2.00. The highest BCUT2D eigenvalue weighted by Gasteiger charge is 2.38. The zero-order chi connectivity index (χ0) is 18.1. The lowest BCUT2D eigenvalue weighted by Gasteiger charge is -2.39. The number of amides is 1. The van der Waals surface area contributed by atoms with Gasteiger partial charge in [-0.2, -0.15) is 5.10 Å². The number of rotatable bonds is 3. The molecule has 0 saturated carbocycles. The van der Waals surface area contributed by atoms with Crippen LogP contribution in [-0.4, -0.2) is 46.8 Å². The van der Waals surface area contributed by atoms with Gasteiger partial charge in [-0.15, -0.1) is 0 Å². The quantitative estimate of drug-likeness (QED) is 0.924. The van der Waals surface area contributed by atoms with Crippen molar-refractivity contribution in [3.8, 4) is 0 Å². The zero-order valence-electron chi connectivity index (χ0n) is 15.8. The number of benzene rings is 1. The highest BCUT2D eigenvalue weighted by atomic mass is 16.2. The summed E-state index contributed by atoms with van der Waals surface area (Å²) in [5.74, 6) is 0.168. The standard InChI is InChI=1S/C21H28N4O/c1-16-12-17(2)25(23-16)14-18-4-3-5-19(13-18)20(26)24-10-7-21(8-11-24)6-9-22-15-21/h3-5,12-13,22H,6-11,14-15H2,1-2H3. The van der Waals surface area contributed by atoms with Crippen LogP contribution in [0.5, 0.6) is 0 Å². The first kappa shape index (κ1) is 17.3. The van der Waals surface area contributed by atoms with Crippen LogP contribution in [-0.2, 0) is 6.54 Å². The number of hydrogen-bond acceptors (Lipinski definition) is 3. The van der Waals surface area contributed by atoms with E-state index in [0.717, 1.165) is 61.5 Å². The van der Waals surface area contributed by atoms with Crippen LogP contribution in [0.4, 0.5) is 0 Å². The highest BCUT2D eigenvalue weighted by molar-refractivity contribution is 5.94. The van der Waals surface area contributed by atoms with E-state index < -0.39 is 0 Å². The molecule has 1 amide bonds. The molecule has 5 heteroatoms. The number of aromatic nitrogens is 2. The number of carbonyl (C=O) groups is 1. The maximum atomic E-state index is 13.0. The smallest absolute Gasteiger partial charge is 0.253 e. The Morgan fingerprint density at radius 3 is 2.65 bits per heavy atom. The molecule has 1 aromatic carbocycles. The van der Waals surface area contributed by atoms with E-state index in [1.165, 1.54) is 6.42 Å². The fraction of sp³-hybridized carbons (Fsp3) is 0.524. The van der Waals surface area contributed by atoms with Crippen molar-refractivity contribution in [2.75, 3.05) is 26.2 Å². The molecular formula is C21H28N4O. The van der Waals surface area contributed by atoms with Gasteiger partial charge in [0.25, 0.3) is 5.91 Å². The Morgan fingerprint density at radius 2 is 2.00 bits per heavy atom. The normalized spacial score (nSPS) is 19.2. The predicted molar refractivity (Wildman–Crippen MR) is 102 cm³/mol. The lowest BCUT2D eigenvalue weighted by Crippen LogP contribution is -2.44. The summed E-state index contributed by atoms with van der Waals surface area (Å²) in [5, 5.41) is 8.01. The molecule has 2 aliphatic rings. The first-order valence-corrected chi connectivity index (χ1v) is 9.65. The van der Waals surface area contributed by atoms with Crippen molar-refractivity contribution in [1.82, 2.24) is 20.0 Å². The van der Waals surface area contributed by atoms with Gasteiger partial charge in [0.05, 0.1) is 12.2 Å². The largest absolute Gasteiger partial charge is 0.339 e. The molecule has 1 N–H and O–H groups in total. The van der Waals surface area contributed by atoms with E-state index in [-0.39, 0.29) is 5.91 Å². The molecule has 0 radical (unpaired) electrons. The van der Waals surface area contributed by atoms with Gasteiger partial charge in [-0.3, -0.25) is 9.48 Å². The molecule has 138 valence electrons. The minimum absolute atomic E-state index is 0.168. The molecule has 2 aliphatic heterocycles. The lowest BCUT2D eigenvalue weighted by atomic mass is 9.78. The Bertz CT molecular complexity index is 794. The third-order valence-electron chi connectivity index (χ3n) is 6.05. The Hall–Kier alpha value is -2.14. The molecule has 2 aromatic rings. The average molecular weight is 352 g/mol. The monoisotopic (exact) mass is 352 g/mol. The van der Waals surface area contributed by atoms with Gasteiger partial charge in [-0.05, 0) is 68.8 Å². The first-order valence-electron chi connectivity index (χ1n) is 9.65. The van der Waals surface area contributed by atoms with Gasteiger partial charge in [-0.25, -0.2) is 0 Å². The van der Waals surface area contributed by atoms with Gasteiger partial charge in [0.2, 0.25) is 0 Å². The van der Waals surface area contributed by atoms with Gasteiger partial charge >= 0.3 is 0 Å². The molecule has 5 nitrogen and oxygen atoms in total. The minimum atomic E-state index is 0.168. The average Bonchev–Trinajstić information content (AvgIpc) is 3.22. The lowest BCUT2D eigenvalue weighted by molar-refractivity contribution is 0.0607. The topological polar surface area (TPSA) is 50.2 Å². The number of carbonyl (C=O) groups excluding carboxylic acids is 1. The molecule has 3 heterocycles. The van der Waals surface area contributed by atoms with E-state index >= 15 is 0 Å². The zero-order valence-corrected chi connectivity index (χ0v) is 15.8. The van der Waals surface area contributed by atoms with Crippen molar-refractivity contribution < 1.29 is 4.79 Å². The van der Waals surface area contributed by atoms with Crippen molar-refractivity contribution >= 4 is 5.91 Å². The van der Waals surface area contributed by atoms with E-state index in [2.05, 4.69) is 29.5 Å². The number of nitrogens with zero attached hydrogens (tertiary/aromatic N) is 3. The Labute approximate surface area is 155 Å². The van der Waals surface area contributed by atoms with Crippen LogP contribution in [0.15, 0.2) is 30.3 Å². The number of nitrogens with one attached hydrogen (secondary N) is 1. The van der Waals surface area contributed by atoms with Crippen LogP contribution in [0.25, 0.3) is 0 Å². The Kier molecular flexibility index (Phi) is 4.57. The minimum Gasteiger partial charge on any atom is -0.339 e. The predicted octanol–water partition coefficient (Wildman–Crippen LogP) is 2.76. The van der Waals surface area contributed by atoms with Crippen molar-refractivity contribution in [2.45, 2.75) is 39.7 Å². The fourth-order valence-corrected chi connectivity index (χ4v) is 4.40. The van der Waals surface area contributed by atoms with E-state index in [4.69, 9.17) is 0 Å². The summed E-state index contributed by atoms with van der Waals surface area (Å²) in [6, 6.07) is 10.1. The second-order valence-electron chi connectivity index (χ2n) is 8.00. The van der Waals surface area contributed by atoms with Crippen LogP contribution in [0, 0.1) is 19.3 Å². The Balaban J connectivity index is 1.44. The van der Waals surface area contributed by atoms with Gasteiger partial charge in [0, 0.05) is 30.9 Å². The second kappa shape index (κ2) is 6.88. The maximum absolute atomic E-state index is 13.0. The summed E-state index contributed by atoms with van der Waals surface area (Å²) in [4.78, 5) is 15.0. The summed E-state index contributed by atoms with van der Waals surface area (Å²) in [6.07, 6.45) is 3.50. The van der Waals surface area contributed by atoms with Crippen molar-refractivity contribution in [3.05, 3.63) is 52.8 Å². The van der Waals surface area contributed by atoms with Crippen LogP contribution in [0.2, 0.25) is 0 Å². The van der Waals surface area contributed by atoms with Crippen molar-refractivity contribution in [2.24, 2.45) is 5.41 Å². The van der Waals surface area contributed by atoms with Gasteiger partial charge in [0.15, 0.2) is 0 Å². The molecule has 4 rings (SSSR count). The molecule has 2 fully saturated rings. The van der Waals surface area contributed by atoms with Crippen LogP contribution >= 0.6 is 0 Å². The van der Waals surface area contributed by atoms with Gasteiger partial charge in [-0.1, -0.05) is 12.1 Å². The molecule has 0 bridgehead atoms. The molecule has 1 spiro atoms. The molecule has 0 aliphatic carbocycles. The first-order chi connectivity index (χ1) is 12.5.